The van der Waals surface area contributed by atoms with E-state index in [1.54, 1.807) is 0 Å². The first-order valence-corrected chi connectivity index (χ1v) is 23.2. The Morgan fingerprint density at radius 1 is 0.299 bits per heavy atom. The monoisotopic (exact) mass is 849 g/mol. The van der Waals surface area contributed by atoms with Gasteiger partial charge in [0.1, 0.15) is 0 Å². The van der Waals surface area contributed by atoms with E-state index >= 15 is 0 Å². The van der Waals surface area contributed by atoms with Crippen molar-refractivity contribution in [1.29, 1.82) is 0 Å². The molecule has 2 heterocycles. The second-order valence-electron chi connectivity index (χ2n) is 18.3. The van der Waals surface area contributed by atoms with Gasteiger partial charge < -0.3 is 0 Å². The van der Waals surface area contributed by atoms with E-state index in [0.29, 0.717) is 5.95 Å². The van der Waals surface area contributed by atoms with Gasteiger partial charge in [-0.2, -0.15) is 0 Å². The molecule has 0 radical (unpaired) electrons. The highest BCUT2D eigenvalue weighted by Crippen LogP contribution is 2.68. The number of benzene rings is 10. The van der Waals surface area contributed by atoms with Crippen molar-refractivity contribution in [3.05, 3.63) is 281 Å². The number of hydrogen-bond donors (Lipinski definition) is 0. The minimum Gasteiger partial charge on any atom is -0.277 e. The third-order valence-electron chi connectivity index (χ3n) is 15.3. The van der Waals surface area contributed by atoms with E-state index in [2.05, 4.69) is 241 Å². The molecule has 3 heteroatoms. The predicted molar refractivity (Wildman–Crippen MR) is 273 cm³/mol. The zero-order valence-electron chi connectivity index (χ0n) is 36.4. The predicted octanol–water partition coefficient (Wildman–Crippen LogP) is 15.1. The molecule has 0 atom stereocenters. The van der Waals surface area contributed by atoms with E-state index in [4.69, 9.17) is 9.97 Å². The second kappa shape index (κ2) is 13.4. The third kappa shape index (κ3) is 4.60. The van der Waals surface area contributed by atoms with Gasteiger partial charge in [0.2, 0.25) is 5.95 Å². The lowest BCUT2D eigenvalue weighted by molar-refractivity contribution is 0.633. The maximum Gasteiger partial charge on any atom is 0.235 e. The molecule has 310 valence electrons. The maximum atomic E-state index is 5.58. The van der Waals surface area contributed by atoms with Crippen LogP contribution in [-0.4, -0.2) is 14.5 Å². The molecule has 3 nitrogen and oxygen atoms in total. The molecule has 0 aliphatic heterocycles. The molecule has 3 aliphatic rings. The molecule has 0 unspecified atom stereocenters. The summed E-state index contributed by atoms with van der Waals surface area (Å²) < 4.78 is 2.41. The molecule has 0 amide bonds. The minimum absolute atomic E-state index is 0.513. The van der Waals surface area contributed by atoms with Crippen LogP contribution in [0.2, 0.25) is 0 Å². The SMILES string of the molecule is c1ccc(-c2cc(-c3ccccc3)nc(-n3c4c5c(ccc4c4ccc6ccccc6c43)C3(c4ccccc4-5)c4ccccc4C4(c5ccccc5-c5ccccc54)c4ccccc43)n2)cc1. The van der Waals surface area contributed by atoms with Crippen molar-refractivity contribution in [2.45, 2.75) is 10.8 Å². The molecule has 2 spiro atoms. The first-order valence-electron chi connectivity index (χ1n) is 23.2. The Kier molecular flexibility index (Phi) is 7.36. The van der Waals surface area contributed by atoms with Gasteiger partial charge in [-0.1, -0.05) is 231 Å². The van der Waals surface area contributed by atoms with Crippen LogP contribution in [0, 0.1) is 0 Å². The summed E-state index contributed by atoms with van der Waals surface area (Å²) in [6.45, 7) is 0. The number of rotatable bonds is 3. The third-order valence-corrected chi connectivity index (χ3v) is 15.3. The molecule has 15 rings (SSSR count). The molecule has 10 aromatic carbocycles. The van der Waals surface area contributed by atoms with Gasteiger partial charge in [0.15, 0.2) is 0 Å². The van der Waals surface area contributed by atoms with Crippen LogP contribution in [0.1, 0.15) is 44.5 Å². The van der Waals surface area contributed by atoms with Gasteiger partial charge >= 0.3 is 0 Å². The van der Waals surface area contributed by atoms with Gasteiger partial charge in [-0.15, -0.1) is 0 Å². The van der Waals surface area contributed by atoms with Crippen molar-refractivity contribution in [3.63, 3.8) is 0 Å². The highest BCUT2D eigenvalue weighted by molar-refractivity contribution is 6.22. The van der Waals surface area contributed by atoms with Crippen LogP contribution < -0.4 is 0 Å². The molecule has 0 fully saturated rings. The van der Waals surface area contributed by atoms with Gasteiger partial charge in [-0.05, 0) is 72.7 Å². The van der Waals surface area contributed by atoms with Crippen molar-refractivity contribution in [3.8, 4) is 50.7 Å². The molecule has 0 saturated heterocycles. The summed E-state index contributed by atoms with van der Waals surface area (Å²) in [5.41, 5.74) is 20.5. The van der Waals surface area contributed by atoms with Crippen LogP contribution in [0.15, 0.2) is 237 Å². The molecule has 3 aliphatic carbocycles. The van der Waals surface area contributed by atoms with E-state index in [1.165, 1.54) is 82.9 Å². The molecule has 0 saturated carbocycles. The Balaban J connectivity index is 1.12. The summed E-state index contributed by atoms with van der Waals surface area (Å²) in [5, 5.41) is 4.68. The Hall–Kier alpha value is -8.66. The first-order chi connectivity index (χ1) is 33.3. The summed E-state index contributed by atoms with van der Waals surface area (Å²) in [4.78, 5) is 11.2. The number of aromatic nitrogens is 3. The summed E-state index contributed by atoms with van der Waals surface area (Å²) in [5.74, 6) is 0.644. The van der Waals surface area contributed by atoms with E-state index in [-0.39, 0.29) is 0 Å². The zero-order chi connectivity index (χ0) is 43.8. The van der Waals surface area contributed by atoms with Crippen LogP contribution in [0.25, 0.3) is 83.3 Å². The molecule has 2 aromatic heterocycles. The topological polar surface area (TPSA) is 30.7 Å². The van der Waals surface area contributed by atoms with Crippen LogP contribution in [0.3, 0.4) is 0 Å². The molecule has 0 N–H and O–H groups in total. The van der Waals surface area contributed by atoms with Gasteiger partial charge in [0.25, 0.3) is 0 Å². The van der Waals surface area contributed by atoms with Crippen LogP contribution in [-0.2, 0) is 10.8 Å². The quantitative estimate of drug-likeness (QED) is 0.177. The fourth-order valence-electron chi connectivity index (χ4n) is 12.8. The lowest BCUT2D eigenvalue weighted by atomic mass is 9.52. The van der Waals surface area contributed by atoms with E-state index < -0.39 is 10.8 Å². The van der Waals surface area contributed by atoms with Crippen LogP contribution in [0.5, 0.6) is 0 Å². The van der Waals surface area contributed by atoms with Gasteiger partial charge in [-0.25, -0.2) is 9.97 Å². The Morgan fingerprint density at radius 3 is 1.28 bits per heavy atom. The zero-order valence-corrected chi connectivity index (χ0v) is 36.4. The van der Waals surface area contributed by atoms with Crippen molar-refractivity contribution < 1.29 is 0 Å². The fourth-order valence-corrected chi connectivity index (χ4v) is 12.8. The van der Waals surface area contributed by atoms with Gasteiger partial charge in [0, 0.05) is 32.8 Å². The average Bonchev–Trinajstić information content (AvgIpc) is 4.02. The summed E-state index contributed by atoms with van der Waals surface area (Å²) in [7, 11) is 0. The average molecular weight is 850 g/mol. The Morgan fingerprint density at radius 2 is 0.716 bits per heavy atom. The van der Waals surface area contributed by atoms with Crippen LogP contribution in [0.4, 0.5) is 0 Å². The standard InChI is InChI=1S/C64H39N3/c1-3-20-41(21-4-1)57-39-58(42-22-5-2-6-23-42)66-62(65-57)67-60-43-24-8-7-19-40(43)35-36-46(60)47-37-38-56-59(61(47)67)48-27-11-14-30-51(48)64(56)54-33-17-15-31-52(54)63(53-32-16-18-34-55(53)64)49-28-12-9-25-44(49)45-26-10-13-29-50(45)63/h1-39H. The van der Waals surface area contributed by atoms with Gasteiger partial charge in [-0.3, -0.25) is 4.57 Å². The largest absolute Gasteiger partial charge is 0.277 e. The van der Waals surface area contributed by atoms with E-state index in [0.717, 1.165) is 38.9 Å². The molecule has 0 bridgehead atoms. The minimum atomic E-state index is -0.643. The second-order valence-corrected chi connectivity index (χ2v) is 18.3. The van der Waals surface area contributed by atoms with Crippen molar-refractivity contribution in [1.82, 2.24) is 14.5 Å². The molecule has 67 heavy (non-hydrogen) atoms. The van der Waals surface area contributed by atoms with Crippen molar-refractivity contribution in [2.24, 2.45) is 0 Å². The maximum absolute atomic E-state index is 5.58. The summed E-state index contributed by atoms with van der Waals surface area (Å²) in [6.07, 6.45) is 0. The Bertz CT molecular complexity index is 3900. The summed E-state index contributed by atoms with van der Waals surface area (Å²) >= 11 is 0. The number of fused-ring (bicyclic) bond motifs is 22. The van der Waals surface area contributed by atoms with E-state index in [1.807, 2.05) is 0 Å². The molecular weight excluding hydrogens is 811 g/mol. The fraction of sp³-hybridized carbons (Fsp3) is 0.0312. The van der Waals surface area contributed by atoms with Crippen molar-refractivity contribution in [2.75, 3.05) is 0 Å². The molecule has 12 aromatic rings. The Labute approximate surface area is 388 Å². The highest BCUT2D eigenvalue weighted by Gasteiger charge is 2.59. The highest BCUT2D eigenvalue weighted by atomic mass is 15.2. The lowest BCUT2D eigenvalue weighted by Crippen LogP contribution is -2.43. The normalized spacial score (nSPS) is 14.2. The lowest BCUT2D eigenvalue weighted by Gasteiger charge is -2.48. The van der Waals surface area contributed by atoms with Gasteiger partial charge in [0.05, 0.1) is 33.3 Å². The molecular formula is C64H39N3. The van der Waals surface area contributed by atoms with E-state index in [9.17, 15) is 0 Å². The van der Waals surface area contributed by atoms with Crippen molar-refractivity contribution >= 4 is 32.6 Å². The summed E-state index contributed by atoms with van der Waals surface area (Å²) in [6, 6.07) is 87.5. The smallest absolute Gasteiger partial charge is 0.235 e. The van der Waals surface area contributed by atoms with Crippen LogP contribution >= 0.6 is 0 Å². The first kappa shape index (κ1) is 36.7. The number of nitrogens with zero attached hydrogens (tertiary/aromatic N) is 3. The number of hydrogen-bond acceptors (Lipinski definition) is 2.